The largest absolute Gasteiger partial charge is 0.478 e. The van der Waals surface area contributed by atoms with Crippen molar-refractivity contribution in [1.29, 1.82) is 0 Å². The van der Waals surface area contributed by atoms with Crippen LogP contribution in [-0.2, 0) is 17.1 Å². The molecule has 1 aromatic rings. The van der Waals surface area contributed by atoms with Crippen molar-refractivity contribution in [1.82, 2.24) is 0 Å². The highest BCUT2D eigenvalue weighted by Gasteiger charge is 2.37. The van der Waals surface area contributed by atoms with E-state index in [9.17, 15) is 31.1 Å². The molecule has 0 aliphatic heterocycles. The molecule has 1 aromatic carbocycles. The molecule has 104 valence electrons. The summed E-state index contributed by atoms with van der Waals surface area (Å²) in [6, 6.07) is 0.976. The van der Waals surface area contributed by atoms with Crippen LogP contribution < -0.4 is 0 Å². The zero-order chi connectivity index (χ0) is 14.8. The molecule has 0 heterocycles. The number of carboxylic acid groups (broad SMARTS) is 1. The molecule has 19 heavy (non-hydrogen) atoms. The van der Waals surface area contributed by atoms with Crippen molar-refractivity contribution in [2.45, 2.75) is 12.4 Å². The Morgan fingerprint density at radius 2 is 1.63 bits per heavy atom. The molecular formula is C11H6F6O2. The lowest BCUT2D eigenvalue weighted by atomic mass is 10.0. The first-order chi connectivity index (χ1) is 8.51. The van der Waals surface area contributed by atoms with Crippen molar-refractivity contribution in [2.75, 3.05) is 0 Å². The minimum Gasteiger partial charge on any atom is -0.478 e. The highest BCUT2D eigenvalue weighted by Crippen LogP contribution is 2.37. The average molecular weight is 284 g/mol. The fourth-order valence-electron chi connectivity index (χ4n) is 1.28. The lowest BCUT2D eigenvalue weighted by Gasteiger charge is -2.13. The molecular weight excluding hydrogens is 278 g/mol. The normalized spacial score (nSPS) is 12.9. The highest BCUT2D eigenvalue weighted by atomic mass is 19.4. The Morgan fingerprint density at radius 1 is 1.05 bits per heavy atom. The second kappa shape index (κ2) is 4.94. The average Bonchev–Trinajstić information content (AvgIpc) is 2.23. The quantitative estimate of drug-likeness (QED) is 0.662. The van der Waals surface area contributed by atoms with Crippen molar-refractivity contribution in [2.24, 2.45) is 0 Å². The smallest absolute Gasteiger partial charge is 0.417 e. The Bertz CT molecular complexity index is 513. The number of halogens is 6. The highest BCUT2D eigenvalue weighted by molar-refractivity contribution is 5.85. The van der Waals surface area contributed by atoms with E-state index in [-0.39, 0.29) is 6.07 Å². The number of benzene rings is 1. The molecule has 0 fully saturated rings. The van der Waals surface area contributed by atoms with E-state index in [2.05, 4.69) is 0 Å². The molecule has 0 bridgehead atoms. The fraction of sp³-hybridized carbons (Fsp3) is 0.182. The molecule has 0 unspecified atom stereocenters. The van der Waals surface area contributed by atoms with Crippen LogP contribution in [0.5, 0.6) is 0 Å². The van der Waals surface area contributed by atoms with Gasteiger partial charge in [-0.3, -0.25) is 0 Å². The first kappa shape index (κ1) is 15.1. The van der Waals surface area contributed by atoms with E-state index in [1.807, 2.05) is 0 Å². The van der Waals surface area contributed by atoms with E-state index in [1.54, 1.807) is 0 Å². The van der Waals surface area contributed by atoms with E-state index in [4.69, 9.17) is 5.11 Å². The van der Waals surface area contributed by atoms with Crippen LogP contribution in [0.1, 0.15) is 16.7 Å². The van der Waals surface area contributed by atoms with Gasteiger partial charge in [-0.05, 0) is 23.8 Å². The van der Waals surface area contributed by atoms with Gasteiger partial charge in [0.15, 0.2) is 0 Å². The van der Waals surface area contributed by atoms with E-state index < -0.39 is 35.0 Å². The second-order valence-electron chi connectivity index (χ2n) is 3.47. The van der Waals surface area contributed by atoms with Crippen LogP contribution in [-0.4, -0.2) is 11.1 Å². The van der Waals surface area contributed by atoms with Crippen molar-refractivity contribution < 1.29 is 36.2 Å². The van der Waals surface area contributed by atoms with Crippen molar-refractivity contribution in [3.05, 3.63) is 41.0 Å². The van der Waals surface area contributed by atoms with Gasteiger partial charge < -0.3 is 5.11 Å². The molecule has 0 radical (unpaired) electrons. The molecule has 0 aliphatic carbocycles. The van der Waals surface area contributed by atoms with Gasteiger partial charge in [-0.15, -0.1) is 0 Å². The molecule has 0 aromatic heterocycles. The summed E-state index contributed by atoms with van der Waals surface area (Å²) in [4.78, 5) is 10.2. The Labute approximate surface area is 103 Å². The first-order valence-corrected chi connectivity index (χ1v) is 4.71. The number of carboxylic acids is 1. The predicted octanol–water partition coefficient (Wildman–Crippen LogP) is 3.82. The maximum absolute atomic E-state index is 12.6. The Kier molecular flexibility index (Phi) is 3.92. The van der Waals surface area contributed by atoms with Gasteiger partial charge in [-0.25, -0.2) is 4.79 Å². The van der Waals surface area contributed by atoms with Crippen LogP contribution in [0.4, 0.5) is 26.3 Å². The molecule has 0 spiro atoms. The van der Waals surface area contributed by atoms with Crippen molar-refractivity contribution in [3.63, 3.8) is 0 Å². The van der Waals surface area contributed by atoms with E-state index in [0.29, 0.717) is 24.3 Å². The molecule has 0 saturated heterocycles. The summed E-state index contributed by atoms with van der Waals surface area (Å²) in [5.41, 5.74) is -3.64. The number of rotatable bonds is 2. The summed E-state index contributed by atoms with van der Waals surface area (Å²) in [6.45, 7) is 0. The van der Waals surface area contributed by atoms with Gasteiger partial charge in [0.05, 0.1) is 11.1 Å². The van der Waals surface area contributed by atoms with Gasteiger partial charge in [0, 0.05) is 6.08 Å². The summed E-state index contributed by atoms with van der Waals surface area (Å²) in [6.07, 6.45) is -8.92. The molecule has 1 rings (SSSR count). The van der Waals surface area contributed by atoms with Gasteiger partial charge in [0.1, 0.15) is 0 Å². The predicted molar refractivity (Wildman–Crippen MR) is 53.1 cm³/mol. The van der Waals surface area contributed by atoms with E-state index in [0.717, 1.165) is 0 Å². The van der Waals surface area contributed by atoms with Crippen LogP contribution in [0, 0.1) is 0 Å². The lowest BCUT2D eigenvalue weighted by molar-refractivity contribution is -0.143. The van der Waals surface area contributed by atoms with Crippen LogP contribution in [0.2, 0.25) is 0 Å². The Hall–Kier alpha value is -1.99. The number of hydrogen-bond acceptors (Lipinski definition) is 1. The second-order valence-corrected chi connectivity index (χ2v) is 3.47. The number of aliphatic carboxylic acids is 1. The zero-order valence-corrected chi connectivity index (χ0v) is 9.01. The standard InChI is InChI=1S/C11H6F6O2/c12-10(13,14)7-3-1-6(2-4-9(18)19)8(5-7)11(15,16)17/h1-5H,(H,18,19)/b4-2+. The van der Waals surface area contributed by atoms with Crippen LogP contribution in [0.25, 0.3) is 6.08 Å². The summed E-state index contributed by atoms with van der Waals surface area (Å²) in [7, 11) is 0. The van der Waals surface area contributed by atoms with Crippen molar-refractivity contribution in [3.8, 4) is 0 Å². The third-order valence-corrected chi connectivity index (χ3v) is 2.09. The Balaban J connectivity index is 3.38. The SMILES string of the molecule is O=C(O)/C=C/c1ccc(C(F)(F)F)cc1C(F)(F)F. The van der Waals surface area contributed by atoms with Gasteiger partial charge >= 0.3 is 18.3 Å². The topological polar surface area (TPSA) is 37.3 Å². The summed E-state index contributed by atoms with van der Waals surface area (Å²) in [5.74, 6) is -1.51. The maximum atomic E-state index is 12.6. The molecule has 0 saturated carbocycles. The van der Waals surface area contributed by atoms with Crippen LogP contribution >= 0.6 is 0 Å². The maximum Gasteiger partial charge on any atom is 0.417 e. The number of hydrogen-bond donors (Lipinski definition) is 1. The van der Waals surface area contributed by atoms with E-state index in [1.165, 1.54) is 0 Å². The molecule has 0 atom stereocenters. The third-order valence-electron chi connectivity index (χ3n) is 2.09. The van der Waals surface area contributed by atoms with E-state index >= 15 is 0 Å². The third kappa shape index (κ3) is 4.01. The molecule has 0 amide bonds. The lowest BCUT2D eigenvalue weighted by Crippen LogP contribution is -2.12. The fourth-order valence-corrected chi connectivity index (χ4v) is 1.28. The zero-order valence-electron chi connectivity index (χ0n) is 9.01. The monoisotopic (exact) mass is 284 g/mol. The minimum atomic E-state index is -5.01. The number of carbonyl (C=O) groups is 1. The molecule has 2 nitrogen and oxygen atoms in total. The number of alkyl halides is 6. The minimum absolute atomic E-state index is 0.0540. The molecule has 0 aliphatic rings. The van der Waals surface area contributed by atoms with Gasteiger partial charge in [0.2, 0.25) is 0 Å². The molecule has 8 heteroatoms. The van der Waals surface area contributed by atoms with Gasteiger partial charge in [-0.2, -0.15) is 26.3 Å². The summed E-state index contributed by atoms with van der Waals surface area (Å²) >= 11 is 0. The summed E-state index contributed by atoms with van der Waals surface area (Å²) < 4.78 is 74.7. The van der Waals surface area contributed by atoms with Crippen molar-refractivity contribution >= 4 is 12.0 Å². The van der Waals surface area contributed by atoms with Gasteiger partial charge in [0.25, 0.3) is 0 Å². The summed E-state index contributed by atoms with van der Waals surface area (Å²) in [5, 5.41) is 8.30. The first-order valence-electron chi connectivity index (χ1n) is 4.71. The van der Waals surface area contributed by atoms with Crippen LogP contribution in [0.15, 0.2) is 24.3 Å². The Morgan fingerprint density at radius 3 is 2.05 bits per heavy atom. The van der Waals surface area contributed by atoms with Gasteiger partial charge in [-0.1, -0.05) is 6.07 Å². The molecule has 1 N–H and O–H groups in total. The van der Waals surface area contributed by atoms with Crippen LogP contribution in [0.3, 0.4) is 0 Å².